The number of allylic oxidation sites excluding steroid dienone is 9. The number of hydrogen-bond acceptors (Lipinski definition) is 1. The van der Waals surface area contributed by atoms with Crippen LogP contribution in [0.2, 0.25) is 0 Å². The molecule has 3 rings (SSSR count). The summed E-state index contributed by atoms with van der Waals surface area (Å²) in [5, 5.41) is 1.16. The van der Waals surface area contributed by atoms with Gasteiger partial charge in [-0.3, -0.25) is 0 Å². The highest BCUT2D eigenvalue weighted by atomic mass is 16.3. The van der Waals surface area contributed by atoms with Crippen molar-refractivity contribution >= 4 is 23.8 Å². The van der Waals surface area contributed by atoms with E-state index in [1.165, 1.54) is 11.1 Å². The summed E-state index contributed by atoms with van der Waals surface area (Å²) < 4.78 is 6.17. The van der Waals surface area contributed by atoms with E-state index in [4.69, 9.17) is 4.42 Å². The molecule has 0 N–H and O–H groups in total. The van der Waals surface area contributed by atoms with Crippen LogP contribution in [0.4, 0.5) is 0 Å². The van der Waals surface area contributed by atoms with Crippen LogP contribution in [0.25, 0.3) is 23.8 Å². The first-order valence-corrected chi connectivity index (χ1v) is 9.08. The maximum absolute atomic E-state index is 6.17. The second-order valence-electron chi connectivity index (χ2n) is 5.82. The Labute approximate surface area is 151 Å². The third-order valence-electron chi connectivity index (χ3n) is 4.11. The van der Waals surface area contributed by atoms with Crippen molar-refractivity contribution in [3.05, 3.63) is 82.2 Å². The van der Waals surface area contributed by atoms with Gasteiger partial charge >= 0.3 is 0 Å². The lowest BCUT2D eigenvalue weighted by Crippen LogP contribution is -2.24. The van der Waals surface area contributed by atoms with E-state index in [-0.39, 0.29) is 0 Å². The summed E-state index contributed by atoms with van der Waals surface area (Å²) in [6.07, 6.45) is 23.2. The predicted octanol–water partition coefficient (Wildman–Crippen LogP) is 5.71. The zero-order valence-corrected chi connectivity index (χ0v) is 15.8. The molecule has 1 aromatic heterocycles. The number of furan rings is 1. The quantitative estimate of drug-likeness (QED) is 0.691. The van der Waals surface area contributed by atoms with Gasteiger partial charge < -0.3 is 4.42 Å². The molecule has 0 spiro atoms. The van der Waals surface area contributed by atoms with Gasteiger partial charge in [0.25, 0.3) is 0 Å². The number of rotatable bonds is 3. The summed E-state index contributed by atoms with van der Waals surface area (Å²) in [6.45, 7) is 12.1. The molecule has 1 aromatic rings. The summed E-state index contributed by atoms with van der Waals surface area (Å²) in [7, 11) is 0. The van der Waals surface area contributed by atoms with Crippen LogP contribution in [0.1, 0.15) is 51.9 Å². The summed E-state index contributed by atoms with van der Waals surface area (Å²) in [5.74, 6) is 0.835. The van der Waals surface area contributed by atoms with Crippen LogP contribution in [0.3, 0.4) is 0 Å². The molecular weight excluding hydrogens is 304 g/mol. The molecule has 0 saturated carbocycles. The van der Waals surface area contributed by atoms with E-state index >= 15 is 0 Å². The van der Waals surface area contributed by atoms with Crippen LogP contribution in [0, 0.1) is 0 Å². The van der Waals surface area contributed by atoms with Gasteiger partial charge in [-0.15, -0.1) is 0 Å². The van der Waals surface area contributed by atoms with Crippen LogP contribution in [-0.2, 0) is 0 Å². The summed E-state index contributed by atoms with van der Waals surface area (Å²) in [5.41, 5.74) is 5.73. The molecule has 0 bridgehead atoms. The molecule has 0 fully saturated rings. The van der Waals surface area contributed by atoms with Gasteiger partial charge in [-0.2, -0.15) is 0 Å². The number of fused-ring (bicyclic) bond motifs is 1. The average molecular weight is 332 g/mol. The molecule has 0 unspecified atom stereocenters. The fourth-order valence-electron chi connectivity index (χ4n) is 2.95. The predicted molar refractivity (Wildman–Crippen MR) is 111 cm³/mol. The molecule has 0 aliphatic heterocycles. The molecular formula is C24H28O. The van der Waals surface area contributed by atoms with E-state index in [1.54, 1.807) is 6.08 Å². The second-order valence-corrected chi connectivity index (χ2v) is 5.82. The third-order valence-corrected chi connectivity index (χ3v) is 4.11. The second kappa shape index (κ2) is 9.08. The van der Waals surface area contributed by atoms with E-state index in [9.17, 15) is 0 Å². The highest BCUT2D eigenvalue weighted by Gasteiger charge is 2.12. The highest BCUT2D eigenvalue weighted by Crippen LogP contribution is 2.20. The Morgan fingerprint density at radius 1 is 1.12 bits per heavy atom. The maximum atomic E-state index is 6.17. The van der Waals surface area contributed by atoms with E-state index < -0.39 is 0 Å². The van der Waals surface area contributed by atoms with Gasteiger partial charge in [-0.05, 0) is 38.3 Å². The Kier molecular flexibility index (Phi) is 6.82. The van der Waals surface area contributed by atoms with Crippen LogP contribution in [0.15, 0.2) is 64.7 Å². The normalized spacial score (nSPS) is 16.1. The molecule has 0 radical (unpaired) electrons. The molecule has 0 atom stereocenters. The van der Waals surface area contributed by atoms with Crippen molar-refractivity contribution in [2.75, 3.05) is 0 Å². The van der Waals surface area contributed by atoms with Gasteiger partial charge in [-0.1, -0.05) is 80.7 Å². The average Bonchev–Trinajstić information content (AvgIpc) is 2.78. The van der Waals surface area contributed by atoms with Gasteiger partial charge in [0.05, 0.1) is 0 Å². The number of hydrogen-bond donors (Lipinski definition) is 0. The Hall–Kier alpha value is -2.54. The Morgan fingerprint density at radius 3 is 2.64 bits per heavy atom. The lowest BCUT2D eigenvalue weighted by atomic mass is 10.0. The molecule has 0 amide bonds. The van der Waals surface area contributed by atoms with Crippen LogP contribution < -0.4 is 10.6 Å². The molecule has 1 heteroatoms. The molecule has 2 aliphatic carbocycles. The lowest BCUT2D eigenvalue weighted by molar-refractivity contribution is 0.520. The highest BCUT2D eigenvalue weighted by molar-refractivity contribution is 5.78. The van der Waals surface area contributed by atoms with Crippen molar-refractivity contribution in [2.45, 2.75) is 40.5 Å². The van der Waals surface area contributed by atoms with E-state index in [0.717, 1.165) is 40.4 Å². The van der Waals surface area contributed by atoms with Gasteiger partial charge in [0.2, 0.25) is 0 Å². The van der Waals surface area contributed by atoms with Crippen molar-refractivity contribution in [2.24, 2.45) is 0 Å². The topological polar surface area (TPSA) is 13.1 Å². The van der Waals surface area contributed by atoms with Gasteiger partial charge in [0, 0.05) is 16.4 Å². The van der Waals surface area contributed by atoms with Crippen LogP contribution in [-0.4, -0.2) is 0 Å². The lowest BCUT2D eigenvalue weighted by Gasteiger charge is -2.00. The minimum absolute atomic E-state index is 0.835. The molecule has 2 aliphatic rings. The summed E-state index contributed by atoms with van der Waals surface area (Å²) in [4.78, 5) is 0. The van der Waals surface area contributed by atoms with Crippen molar-refractivity contribution < 1.29 is 4.42 Å². The fraction of sp³-hybridized carbons (Fsp3) is 0.250. The smallest absolute Gasteiger partial charge is 0.142 e. The first-order valence-electron chi connectivity index (χ1n) is 9.08. The first kappa shape index (κ1) is 18.8. The van der Waals surface area contributed by atoms with Gasteiger partial charge in [-0.25, -0.2) is 0 Å². The van der Waals surface area contributed by atoms with E-state index in [2.05, 4.69) is 62.1 Å². The monoisotopic (exact) mass is 332 g/mol. The van der Waals surface area contributed by atoms with E-state index in [1.807, 2.05) is 26.8 Å². The van der Waals surface area contributed by atoms with Crippen molar-refractivity contribution in [1.29, 1.82) is 0 Å². The Balaban J connectivity index is 0.00000109. The molecule has 1 nitrogen and oxygen atoms in total. The minimum atomic E-state index is 0.835. The summed E-state index contributed by atoms with van der Waals surface area (Å²) >= 11 is 0. The standard InChI is InChI=1S/C22H22O.C2H6/c1-4-9-19-20-13-7-6-12-18(22(20)23-21(19)5-2)17-11-8-10-16(3)14-15-17;1-2/h4-6,8-9,11-15H,2,7,10H2,1,3H3;1-2H3/b9-4-;. The third kappa shape index (κ3) is 4.11. The molecule has 0 saturated heterocycles. The van der Waals surface area contributed by atoms with Crippen molar-refractivity contribution in [3.8, 4) is 0 Å². The summed E-state index contributed by atoms with van der Waals surface area (Å²) in [6, 6.07) is 0. The minimum Gasteiger partial charge on any atom is -0.455 e. The largest absolute Gasteiger partial charge is 0.455 e. The molecule has 0 aromatic carbocycles. The van der Waals surface area contributed by atoms with Crippen molar-refractivity contribution in [3.63, 3.8) is 0 Å². The zero-order chi connectivity index (χ0) is 18.2. The van der Waals surface area contributed by atoms with Crippen molar-refractivity contribution in [1.82, 2.24) is 0 Å². The van der Waals surface area contributed by atoms with E-state index in [0.29, 0.717) is 0 Å². The van der Waals surface area contributed by atoms with Gasteiger partial charge in [0.1, 0.15) is 11.2 Å². The van der Waals surface area contributed by atoms with Gasteiger partial charge in [0.15, 0.2) is 0 Å². The molecule has 25 heavy (non-hydrogen) atoms. The molecule has 1 heterocycles. The Morgan fingerprint density at radius 2 is 1.92 bits per heavy atom. The maximum Gasteiger partial charge on any atom is 0.142 e. The fourth-order valence-corrected chi connectivity index (χ4v) is 2.95. The van der Waals surface area contributed by atoms with Crippen LogP contribution in [0.5, 0.6) is 0 Å². The molecule has 130 valence electrons. The SMILES string of the molecule is C=Cc1oc2c(c1/C=C\C)=CCC=CC=2C1=CC=C(C)CC=C1.CC. The Bertz CT molecular complexity index is 893. The zero-order valence-electron chi connectivity index (χ0n) is 15.8. The van der Waals surface area contributed by atoms with Crippen LogP contribution >= 0.6 is 0 Å². The first-order chi connectivity index (χ1) is 12.2.